The maximum absolute atomic E-state index is 13.0. The van der Waals surface area contributed by atoms with Crippen LogP contribution in [0.15, 0.2) is 47.6 Å². The summed E-state index contributed by atoms with van der Waals surface area (Å²) in [6, 6.07) is 14.3. The summed E-state index contributed by atoms with van der Waals surface area (Å²) in [5.41, 5.74) is 5.37. The predicted molar refractivity (Wildman–Crippen MR) is 125 cm³/mol. The van der Waals surface area contributed by atoms with Gasteiger partial charge in [-0.05, 0) is 50.3 Å². The Bertz CT molecular complexity index is 1040. The molecule has 0 unspecified atom stereocenters. The second kappa shape index (κ2) is 9.47. The van der Waals surface area contributed by atoms with Crippen molar-refractivity contribution in [1.82, 2.24) is 14.8 Å². The van der Waals surface area contributed by atoms with Gasteiger partial charge in [0.1, 0.15) is 0 Å². The molecular weight excluding hydrogens is 392 g/mol. The van der Waals surface area contributed by atoms with Gasteiger partial charge in [-0.25, -0.2) is 0 Å². The fourth-order valence-electron chi connectivity index (χ4n) is 3.46. The van der Waals surface area contributed by atoms with Gasteiger partial charge in [-0.2, -0.15) is 0 Å². The molecule has 1 heterocycles. The Morgan fingerprint density at radius 1 is 1.03 bits per heavy atom. The molecule has 1 aromatic heterocycles. The van der Waals surface area contributed by atoms with E-state index in [4.69, 9.17) is 0 Å². The van der Waals surface area contributed by atoms with Crippen molar-refractivity contribution < 1.29 is 4.79 Å². The van der Waals surface area contributed by atoms with Gasteiger partial charge < -0.3 is 9.88 Å². The number of para-hydroxylation sites is 1. The van der Waals surface area contributed by atoms with E-state index in [-0.39, 0.29) is 11.2 Å². The number of nitrogens with one attached hydrogen (secondary N) is 1. The van der Waals surface area contributed by atoms with Crippen LogP contribution in [0.25, 0.3) is 11.4 Å². The summed E-state index contributed by atoms with van der Waals surface area (Å²) in [4.78, 5) is 13.0. The minimum absolute atomic E-state index is 0.0284. The molecule has 0 bridgehead atoms. The summed E-state index contributed by atoms with van der Waals surface area (Å²) in [6.45, 7) is 13.1. The number of thioether (sulfide) groups is 1. The van der Waals surface area contributed by atoms with Gasteiger partial charge in [-0.1, -0.05) is 68.1 Å². The van der Waals surface area contributed by atoms with Crippen LogP contribution in [0, 0.1) is 13.8 Å². The summed E-state index contributed by atoms with van der Waals surface area (Å²) >= 11 is 1.44. The van der Waals surface area contributed by atoms with Crippen molar-refractivity contribution >= 4 is 23.4 Å². The van der Waals surface area contributed by atoms with Crippen LogP contribution >= 0.6 is 11.8 Å². The zero-order valence-corrected chi connectivity index (χ0v) is 19.4. The molecule has 3 rings (SSSR count). The molecule has 0 aliphatic carbocycles. The van der Waals surface area contributed by atoms with Crippen LogP contribution in [0.3, 0.4) is 0 Å². The number of rotatable bonds is 7. The van der Waals surface area contributed by atoms with E-state index >= 15 is 0 Å². The number of hydrogen-bond donors (Lipinski definition) is 1. The highest BCUT2D eigenvalue weighted by atomic mass is 32.2. The van der Waals surface area contributed by atoms with Crippen molar-refractivity contribution in [2.24, 2.45) is 0 Å². The topological polar surface area (TPSA) is 59.8 Å². The first-order valence-electron chi connectivity index (χ1n) is 10.4. The lowest BCUT2D eigenvalue weighted by molar-refractivity contribution is -0.115. The number of carbonyl (C=O) groups is 1. The molecule has 6 heteroatoms. The first-order chi connectivity index (χ1) is 14.3. The zero-order valence-electron chi connectivity index (χ0n) is 18.6. The average Bonchev–Trinajstić information content (AvgIpc) is 3.11. The number of aromatic nitrogens is 3. The third-order valence-electron chi connectivity index (χ3n) is 5.25. The molecule has 5 nitrogen and oxygen atoms in total. The number of nitrogens with zero attached hydrogens (tertiary/aromatic N) is 3. The van der Waals surface area contributed by atoms with E-state index in [1.807, 2.05) is 38.1 Å². The second-order valence-corrected chi connectivity index (χ2v) is 9.12. The van der Waals surface area contributed by atoms with Crippen LogP contribution in [0.2, 0.25) is 0 Å². The molecule has 0 radical (unpaired) electrons. The maximum atomic E-state index is 13.0. The standard InChI is InChI=1S/C24H30N4OS/c1-7-28-22(20-13-9-8-11-16(20)4)26-27-24(28)30-18(6)23(29)25-21-17(5)12-10-14-19(21)15(2)3/h8-15,18H,7H2,1-6H3,(H,25,29)/t18-/m1/s1. The number of hydrogen-bond acceptors (Lipinski definition) is 4. The lowest BCUT2D eigenvalue weighted by Gasteiger charge is -2.18. The minimum Gasteiger partial charge on any atom is -0.325 e. The van der Waals surface area contributed by atoms with Crippen LogP contribution < -0.4 is 5.32 Å². The molecule has 1 amide bonds. The second-order valence-electron chi connectivity index (χ2n) is 7.81. The van der Waals surface area contributed by atoms with Crippen molar-refractivity contribution in [1.29, 1.82) is 0 Å². The molecule has 158 valence electrons. The van der Waals surface area contributed by atoms with E-state index in [2.05, 4.69) is 66.0 Å². The summed E-state index contributed by atoms with van der Waals surface area (Å²) in [6.07, 6.45) is 0. The molecule has 1 N–H and O–H groups in total. The van der Waals surface area contributed by atoms with Gasteiger partial charge in [0, 0.05) is 17.8 Å². The highest BCUT2D eigenvalue weighted by molar-refractivity contribution is 8.00. The SMILES string of the molecule is CCn1c(S[C@H](C)C(=O)Nc2c(C)cccc2C(C)C)nnc1-c1ccccc1C. The van der Waals surface area contributed by atoms with Crippen LogP contribution in [0.1, 0.15) is 50.3 Å². The highest BCUT2D eigenvalue weighted by Crippen LogP contribution is 2.31. The molecule has 0 aliphatic rings. The first kappa shape index (κ1) is 22.1. The van der Waals surface area contributed by atoms with Crippen LogP contribution in [0.5, 0.6) is 0 Å². The Morgan fingerprint density at radius 3 is 2.40 bits per heavy atom. The molecule has 0 saturated carbocycles. The molecule has 0 spiro atoms. The van der Waals surface area contributed by atoms with Crippen molar-refractivity contribution in [2.75, 3.05) is 5.32 Å². The third kappa shape index (κ3) is 4.59. The van der Waals surface area contributed by atoms with E-state index in [0.29, 0.717) is 5.92 Å². The van der Waals surface area contributed by atoms with Gasteiger partial charge in [0.2, 0.25) is 5.91 Å². The fraction of sp³-hybridized carbons (Fsp3) is 0.375. The Labute approximate surface area is 183 Å². The summed E-state index contributed by atoms with van der Waals surface area (Å²) in [5, 5.41) is 12.4. The number of aryl methyl sites for hydroxylation is 2. The Hall–Kier alpha value is -2.60. The molecule has 2 aromatic carbocycles. The monoisotopic (exact) mass is 422 g/mol. The minimum atomic E-state index is -0.302. The maximum Gasteiger partial charge on any atom is 0.237 e. The highest BCUT2D eigenvalue weighted by Gasteiger charge is 2.22. The molecule has 30 heavy (non-hydrogen) atoms. The summed E-state index contributed by atoms with van der Waals surface area (Å²) in [5.74, 6) is 1.15. The largest absolute Gasteiger partial charge is 0.325 e. The fourth-order valence-corrected chi connectivity index (χ4v) is 4.38. The average molecular weight is 423 g/mol. The van der Waals surface area contributed by atoms with Crippen LogP contribution in [-0.2, 0) is 11.3 Å². The third-order valence-corrected chi connectivity index (χ3v) is 6.33. The van der Waals surface area contributed by atoms with E-state index in [1.165, 1.54) is 11.8 Å². The van der Waals surface area contributed by atoms with E-state index in [9.17, 15) is 4.79 Å². The van der Waals surface area contributed by atoms with Crippen molar-refractivity contribution in [3.05, 3.63) is 59.2 Å². The van der Waals surface area contributed by atoms with Crippen LogP contribution in [-0.4, -0.2) is 25.9 Å². The van der Waals surface area contributed by atoms with Crippen molar-refractivity contribution in [3.63, 3.8) is 0 Å². The quantitative estimate of drug-likeness (QED) is 0.487. The summed E-state index contributed by atoms with van der Waals surface area (Å²) < 4.78 is 2.07. The number of benzene rings is 2. The molecule has 1 atom stereocenters. The normalized spacial score (nSPS) is 12.2. The smallest absolute Gasteiger partial charge is 0.237 e. The predicted octanol–water partition coefficient (Wildman–Crippen LogP) is 5.82. The Morgan fingerprint density at radius 2 is 1.73 bits per heavy atom. The molecule has 0 fully saturated rings. The lowest BCUT2D eigenvalue weighted by atomic mass is 9.98. The number of anilines is 1. The van der Waals surface area contributed by atoms with Gasteiger partial charge in [-0.15, -0.1) is 10.2 Å². The van der Waals surface area contributed by atoms with E-state index in [0.717, 1.165) is 45.5 Å². The van der Waals surface area contributed by atoms with E-state index < -0.39 is 0 Å². The Kier molecular flexibility index (Phi) is 6.98. The summed E-state index contributed by atoms with van der Waals surface area (Å²) in [7, 11) is 0. The number of carbonyl (C=O) groups excluding carboxylic acids is 1. The van der Waals surface area contributed by atoms with Gasteiger partial charge in [0.25, 0.3) is 0 Å². The van der Waals surface area contributed by atoms with Gasteiger partial charge in [0.15, 0.2) is 11.0 Å². The molecule has 3 aromatic rings. The van der Waals surface area contributed by atoms with Crippen molar-refractivity contribution in [2.45, 2.75) is 64.4 Å². The lowest BCUT2D eigenvalue weighted by Crippen LogP contribution is -2.24. The Balaban J connectivity index is 1.81. The first-order valence-corrected chi connectivity index (χ1v) is 11.3. The van der Waals surface area contributed by atoms with E-state index in [1.54, 1.807) is 0 Å². The van der Waals surface area contributed by atoms with Gasteiger partial charge in [-0.3, -0.25) is 4.79 Å². The molecule has 0 aliphatic heterocycles. The number of amides is 1. The van der Waals surface area contributed by atoms with Gasteiger partial charge >= 0.3 is 0 Å². The van der Waals surface area contributed by atoms with Crippen molar-refractivity contribution in [3.8, 4) is 11.4 Å². The zero-order chi connectivity index (χ0) is 21.8. The molecule has 0 saturated heterocycles. The van der Waals surface area contributed by atoms with Crippen LogP contribution in [0.4, 0.5) is 5.69 Å². The molecular formula is C24H30N4OS. The van der Waals surface area contributed by atoms with Gasteiger partial charge in [0.05, 0.1) is 5.25 Å².